The van der Waals surface area contributed by atoms with Gasteiger partial charge in [-0.3, -0.25) is 9.69 Å². The number of halogens is 1. The molecular formula is C27H23IN2O6. The summed E-state index contributed by atoms with van der Waals surface area (Å²) in [7, 11) is 1.52. The Morgan fingerprint density at radius 2 is 1.83 bits per heavy atom. The number of ether oxygens (including phenoxy) is 2. The zero-order valence-corrected chi connectivity index (χ0v) is 21.7. The highest BCUT2D eigenvalue weighted by molar-refractivity contribution is 14.1. The Morgan fingerprint density at radius 1 is 1.08 bits per heavy atom. The second-order valence-corrected chi connectivity index (χ2v) is 9.36. The fourth-order valence-electron chi connectivity index (χ4n) is 3.74. The molecule has 3 aromatic carbocycles. The monoisotopic (exact) mass is 598 g/mol. The molecule has 0 aliphatic carbocycles. The van der Waals surface area contributed by atoms with Gasteiger partial charge in [-0.25, -0.2) is 9.59 Å². The lowest BCUT2D eigenvalue weighted by atomic mass is 10.1. The zero-order chi connectivity index (χ0) is 25.8. The van der Waals surface area contributed by atoms with Crippen molar-refractivity contribution in [2.45, 2.75) is 20.1 Å². The van der Waals surface area contributed by atoms with E-state index < -0.39 is 17.9 Å². The predicted molar refractivity (Wildman–Crippen MR) is 142 cm³/mol. The zero-order valence-electron chi connectivity index (χ0n) is 19.6. The van der Waals surface area contributed by atoms with Crippen LogP contribution in [0, 0.1) is 10.5 Å². The van der Waals surface area contributed by atoms with E-state index in [1.807, 2.05) is 37.3 Å². The Labute approximate surface area is 221 Å². The van der Waals surface area contributed by atoms with Crippen molar-refractivity contribution >= 4 is 46.6 Å². The van der Waals surface area contributed by atoms with Gasteiger partial charge in [-0.2, -0.15) is 0 Å². The molecule has 0 unspecified atom stereocenters. The number of rotatable bonds is 8. The molecule has 1 aliphatic rings. The van der Waals surface area contributed by atoms with Crippen LogP contribution in [-0.2, 0) is 17.9 Å². The van der Waals surface area contributed by atoms with Crippen molar-refractivity contribution in [2.24, 2.45) is 0 Å². The molecule has 1 heterocycles. The van der Waals surface area contributed by atoms with Gasteiger partial charge in [0.25, 0.3) is 5.91 Å². The lowest BCUT2D eigenvalue weighted by molar-refractivity contribution is -0.123. The van der Waals surface area contributed by atoms with Crippen LogP contribution in [0.15, 0.2) is 66.4 Å². The third kappa shape index (κ3) is 5.68. The molecule has 1 aliphatic heterocycles. The topological polar surface area (TPSA) is 105 Å². The molecule has 8 nitrogen and oxygen atoms in total. The molecule has 2 N–H and O–H groups in total. The lowest BCUT2D eigenvalue weighted by Crippen LogP contribution is -2.30. The molecule has 184 valence electrons. The van der Waals surface area contributed by atoms with E-state index >= 15 is 0 Å². The Bertz CT molecular complexity index is 1370. The summed E-state index contributed by atoms with van der Waals surface area (Å²) < 4.78 is 12.2. The summed E-state index contributed by atoms with van der Waals surface area (Å²) in [5.74, 6) is -0.408. The third-order valence-corrected chi connectivity index (χ3v) is 6.33. The molecule has 1 saturated heterocycles. The van der Waals surface area contributed by atoms with Crippen LogP contribution in [0.25, 0.3) is 6.08 Å². The summed E-state index contributed by atoms with van der Waals surface area (Å²) in [6, 6.07) is 17.2. The number of urea groups is 1. The Balaban J connectivity index is 1.51. The van der Waals surface area contributed by atoms with Crippen molar-refractivity contribution < 1.29 is 29.0 Å². The van der Waals surface area contributed by atoms with Crippen molar-refractivity contribution in [1.82, 2.24) is 10.2 Å². The van der Waals surface area contributed by atoms with Crippen LogP contribution < -0.4 is 14.8 Å². The van der Waals surface area contributed by atoms with Gasteiger partial charge in [0.1, 0.15) is 12.3 Å². The van der Waals surface area contributed by atoms with E-state index in [1.54, 1.807) is 24.3 Å². The van der Waals surface area contributed by atoms with Gasteiger partial charge in [-0.05, 0) is 76.5 Å². The van der Waals surface area contributed by atoms with Gasteiger partial charge in [-0.1, -0.05) is 42.0 Å². The molecule has 1 fully saturated rings. The molecule has 0 aromatic heterocycles. The number of amides is 3. The first-order valence-electron chi connectivity index (χ1n) is 11.0. The van der Waals surface area contributed by atoms with Gasteiger partial charge in [0.15, 0.2) is 11.5 Å². The molecular weight excluding hydrogens is 575 g/mol. The van der Waals surface area contributed by atoms with Crippen LogP contribution >= 0.6 is 22.6 Å². The Morgan fingerprint density at radius 3 is 2.50 bits per heavy atom. The molecule has 0 radical (unpaired) electrons. The van der Waals surface area contributed by atoms with Crippen molar-refractivity contribution in [2.75, 3.05) is 7.11 Å². The number of hydrogen-bond acceptors (Lipinski definition) is 5. The smallest absolute Gasteiger partial charge is 0.335 e. The van der Waals surface area contributed by atoms with E-state index in [4.69, 9.17) is 14.6 Å². The number of benzene rings is 3. The quantitative estimate of drug-likeness (QED) is 0.216. The van der Waals surface area contributed by atoms with Gasteiger partial charge in [0.2, 0.25) is 0 Å². The largest absolute Gasteiger partial charge is 0.493 e. The molecule has 0 spiro atoms. The molecule has 0 saturated carbocycles. The minimum absolute atomic E-state index is 0.178. The van der Waals surface area contributed by atoms with Gasteiger partial charge >= 0.3 is 12.0 Å². The summed E-state index contributed by atoms with van der Waals surface area (Å²) in [6.07, 6.45) is 1.61. The average molecular weight is 598 g/mol. The van der Waals surface area contributed by atoms with Crippen LogP contribution in [-0.4, -0.2) is 35.0 Å². The van der Waals surface area contributed by atoms with Gasteiger partial charge in [-0.15, -0.1) is 0 Å². The standard InChI is InChI=1S/C27H23IN2O6/c1-16-4-3-5-18(10-16)14-30-25(31)22(29-27(30)34)12-19-11-21(28)24(23(13-19)35-2)36-15-17-6-8-20(9-7-17)26(32)33/h3-13H,14-15H2,1-2H3,(H,29,34)(H,32,33)/b22-12+. The second-order valence-electron chi connectivity index (χ2n) is 8.19. The lowest BCUT2D eigenvalue weighted by Gasteiger charge is -2.14. The Kier molecular flexibility index (Phi) is 7.58. The average Bonchev–Trinajstić information content (AvgIpc) is 3.10. The number of aromatic carboxylic acids is 1. The van der Waals surface area contributed by atoms with E-state index in [0.717, 1.165) is 20.3 Å². The number of carbonyl (C=O) groups is 3. The first-order valence-corrected chi connectivity index (χ1v) is 12.1. The number of nitrogens with one attached hydrogen (secondary N) is 1. The summed E-state index contributed by atoms with van der Waals surface area (Å²) in [5.41, 5.74) is 3.77. The normalized spacial score (nSPS) is 14.2. The van der Waals surface area contributed by atoms with Crippen LogP contribution in [0.2, 0.25) is 0 Å². The maximum absolute atomic E-state index is 12.9. The minimum atomic E-state index is -0.987. The minimum Gasteiger partial charge on any atom is -0.493 e. The second kappa shape index (κ2) is 10.8. The number of methoxy groups -OCH3 is 1. The molecule has 3 aromatic rings. The van der Waals surface area contributed by atoms with Crippen molar-refractivity contribution in [3.05, 3.63) is 97.7 Å². The number of imide groups is 1. The van der Waals surface area contributed by atoms with Gasteiger partial charge in [0, 0.05) is 0 Å². The molecule has 0 atom stereocenters. The van der Waals surface area contributed by atoms with E-state index in [0.29, 0.717) is 17.1 Å². The summed E-state index contributed by atoms with van der Waals surface area (Å²) in [4.78, 5) is 37.6. The van der Waals surface area contributed by atoms with Crippen LogP contribution in [0.4, 0.5) is 4.79 Å². The molecule has 9 heteroatoms. The number of nitrogens with zero attached hydrogens (tertiary/aromatic N) is 1. The Hall–Kier alpha value is -3.86. The highest BCUT2D eigenvalue weighted by Crippen LogP contribution is 2.35. The summed E-state index contributed by atoms with van der Waals surface area (Å²) in [5, 5.41) is 11.7. The van der Waals surface area contributed by atoms with Crippen LogP contribution in [0.5, 0.6) is 11.5 Å². The molecule has 0 bridgehead atoms. The summed E-state index contributed by atoms with van der Waals surface area (Å²) in [6.45, 7) is 2.36. The summed E-state index contributed by atoms with van der Waals surface area (Å²) >= 11 is 2.12. The first kappa shape index (κ1) is 25.2. The maximum atomic E-state index is 12.9. The van der Waals surface area contributed by atoms with E-state index in [9.17, 15) is 14.4 Å². The SMILES string of the molecule is COc1cc(/C=C2/NC(=O)N(Cc3cccc(C)c3)C2=O)cc(I)c1OCc1ccc(C(=O)O)cc1. The van der Waals surface area contributed by atoms with Crippen molar-refractivity contribution in [3.63, 3.8) is 0 Å². The highest BCUT2D eigenvalue weighted by Gasteiger charge is 2.33. The number of carboxylic acids is 1. The molecule has 4 rings (SSSR count). The fourth-order valence-corrected chi connectivity index (χ4v) is 4.52. The fraction of sp³-hybridized carbons (Fsp3) is 0.148. The van der Waals surface area contributed by atoms with Gasteiger partial charge in [0.05, 0.1) is 22.8 Å². The number of hydrogen-bond donors (Lipinski definition) is 2. The molecule has 36 heavy (non-hydrogen) atoms. The van der Waals surface area contributed by atoms with Crippen molar-refractivity contribution in [1.29, 1.82) is 0 Å². The third-order valence-electron chi connectivity index (χ3n) is 5.53. The molecule has 3 amide bonds. The van der Waals surface area contributed by atoms with E-state index in [2.05, 4.69) is 27.9 Å². The van der Waals surface area contributed by atoms with Crippen LogP contribution in [0.1, 0.15) is 32.6 Å². The number of carbonyl (C=O) groups excluding carboxylic acids is 2. The van der Waals surface area contributed by atoms with Crippen molar-refractivity contribution in [3.8, 4) is 11.5 Å². The predicted octanol–water partition coefficient (Wildman–Crippen LogP) is 4.98. The van der Waals surface area contributed by atoms with E-state index in [1.165, 1.54) is 24.1 Å². The number of carboxylic acid groups (broad SMARTS) is 1. The van der Waals surface area contributed by atoms with Crippen LogP contribution in [0.3, 0.4) is 0 Å². The maximum Gasteiger partial charge on any atom is 0.335 e. The van der Waals surface area contributed by atoms with Gasteiger partial charge < -0.3 is 19.9 Å². The highest BCUT2D eigenvalue weighted by atomic mass is 127. The first-order chi connectivity index (χ1) is 17.2. The van der Waals surface area contributed by atoms with E-state index in [-0.39, 0.29) is 24.4 Å². The number of aryl methyl sites for hydroxylation is 1.